The lowest BCUT2D eigenvalue weighted by molar-refractivity contribution is -0.122. The summed E-state index contributed by atoms with van der Waals surface area (Å²) in [6.45, 7) is 1.88. The minimum atomic E-state index is -0.418. The van der Waals surface area contributed by atoms with E-state index in [-0.39, 0.29) is 17.4 Å². The second kappa shape index (κ2) is 6.67. The lowest BCUT2D eigenvalue weighted by Crippen LogP contribution is -2.31. The zero-order valence-corrected chi connectivity index (χ0v) is 11.6. The summed E-state index contributed by atoms with van der Waals surface area (Å²) in [5, 5.41) is 12.6. The van der Waals surface area contributed by atoms with Crippen molar-refractivity contribution in [1.29, 1.82) is 0 Å². The van der Waals surface area contributed by atoms with Crippen LogP contribution in [0.1, 0.15) is 12.0 Å². The second-order valence-electron chi connectivity index (χ2n) is 5.41. The molecule has 1 aliphatic rings. The number of hydrogen-bond acceptors (Lipinski definition) is 4. The molecule has 2 atom stereocenters. The van der Waals surface area contributed by atoms with Crippen LogP contribution >= 0.6 is 0 Å². The number of pyridine rings is 1. The minimum Gasteiger partial charge on any atom is -0.391 e. The van der Waals surface area contributed by atoms with Crippen LogP contribution in [0.4, 0.5) is 0 Å². The fraction of sp³-hybridized carbons (Fsp3) is 0.571. The first-order chi connectivity index (χ1) is 9.54. The zero-order valence-electron chi connectivity index (χ0n) is 11.6. The van der Waals surface area contributed by atoms with Crippen LogP contribution in [-0.4, -0.2) is 53.7 Å². The fourth-order valence-corrected chi connectivity index (χ4v) is 2.57. The van der Waals surface area contributed by atoms with E-state index in [1.54, 1.807) is 6.20 Å². The summed E-state index contributed by atoms with van der Waals surface area (Å²) in [5.41, 5.74) is 0.764. The Morgan fingerprint density at radius 1 is 1.55 bits per heavy atom. The monoisotopic (exact) mass is 279 g/mol. The Morgan fingerprint density at radius 2 is 2.35 bits per heavy atom. The zero-order chi connectivity index (χ0) is 14.5. The van der Waals surface area contributed by atoms with Gasteiger partial charge in [0.15, 0.2) is 0 Å². The van der Waals surface area contributed by atoms with Crippen molar-refractivity contribution in [2.45, 2.75) is 18.9 Å². The number of H-pyrrole nitrogens is 1. The number of amides is 1. The van der Waals surface area contributed by atoms with Gasteiger partial charge in [-0.15, -0.1) is 0 Å². The van der Waals surface area contributed by atoms with Gasteiger partial charge in [0.05, 0.1) is 6.10 Å². The van der Waals surface area contributed by atoms with Crippen molar-refractivity contribution in [3.8, 4) is 0 Å². The van der Waals surface area contributed by atoms with Gasteiger partial charge >= 0.3 is 0 Å². The molecule has 0 radical (unpaired) electrons. The predicted molar refractivity (Wildman–Crippen MR) is 75.4 cm³/mol. The van der Waals surface area contributed by atoms with Crippen LogP contribution in [0.5, 0.6) is 0 Å². The molecular formula is C14H21N3O3. The van der Waals surface area contributed by atoms with Crippen molar-refractivity contribution >= 4 is 5.91 Å². The summed E-state index contributed by atoms with van der Waals surface area (Å²) >= 11 is 0. The van der Waals surface area contributed by atoms with Gasteiger partial charge in [-0.05, 0) is 25.1 Å². The van der Waals surface area contributed by atoms with Gasteiger partial charge in [-0.25, -0.2) is 0 Å². The standard InChI is InChI=1S/C14H21N3O3/c1-17-8-11(12(18)9-17)7-14(20)16-5-3-10-2-4-15-13(19)6-10/h2,4,6,11-12,18H,3,5,7-9H2,1H3,(H,15,19)(H,16,20)/t11-,12-/m1/s1. The highest BCUT2D eigenvalue weighted by Gasteiger charge is 2.30. The quantitative estimate of drug-likeness (QED) is 0.668. The van der Waals surface area contributed by atoms with Gasteiger partial charge in [-0.2, -0.15) is 0 Å². The third-order valence-electron chi connectivity index (χ3n) is 3.61. The average Bonchev–Trinajstić information content (AvgIpc) is 2.68. The van der Waals surface area contributed by atoms with Gasteiger partial charge in [0.1, 0.15) is 0 Å². The van der Waals surface area contributed by atoms with Crippen molar-refractivity contribution in [2.24, 2.45) is 5.92 Å². The van der Waals surface area contributed by atoms with Crippen molar-refractivity contribution in [3.63, 3.8) is 0 Å². The van der Waals surface area contributed by atoms with Crippen molar-refractivity contribution < 1.29 is 9.90 Å². The van der Waals surface area contributed by atoms with Gasteiger partial charge in [0, 0.05) is 44.2 Å². The number of aliphatic hydroxyl groups is 1. The van der Waals surface area contributed by atoms with Crippen LogP contribution in [0, 0.1) is 5.92 Å². The van der Waals surface area contributed by atoms with Crippen molar-refractivity contribution in [2.75, 3.05) is 26.7 Å². The number of carbonyl (C=O) groups excluding carboxylic acids is 1. The molecule has 0 spiro atoms. The molecule has 1 aromatic rings. The van der Waals surface area contributed by atoms with Gasteiger partial charge < -0.3 is 20.3 Å². The lowest BCUT2D eigenvalue weighted by Gasteiger charge is -2.13. The van der Waals surface area contributed by atoms with E-state index in [9.17, 15) is 14.7 Å². The first kappa shape index (κ1) is 14.7. The smallest absolute Gasteiger partial charge is 0.248 e. The fourth-order valence-electron chi connectivity index (χ4n) is 2.57. The molecule has 0 bridgehead atoms. The normalized spacial score (nSPS) is 22.9. The van der Waals surface area contributed by atoms with E-state index in [0.717, 1.165) is 12.1 Å². The molecular weight excluding hydrogens is 258 g/mol. The van der Waals surface area contributed by atoms with Crippen molar-refractivity contribution in [3.05, 3.63) is 34.2 Å². The van der Waals surface area contributed by atoms with Crippen LogP contribution in [0.15, 0.2) is 23.1 Å². The Labute approximate surface area is 117 Å². The lowest BCUT2D eigenvalue weighted by atomic mass is 10.0. The number of carbonyl (C=O) groups is 1. The third kappa shape index (κ3) is 4.18. The number of likely N-dealkylation sites (tertiary alicyclic amines) is 1. The summed E-state index contributed by atoms with van der Waals surface area (Å²) in [4.78, 5) is 27.5. The van der Waals surface area contributed by atoms with E-state index in [1.165, 1.54) is 6.07 Å². The molecule has 1 aliphatic heterocycles. The number of hydrogen-bond donors (Lipinski definition) is 3. The van der Waals surface area contributed by atoms with Crippen LogP contribution in [0.3, 0.4) is 0 Å². The number of nitrogens with zero attached hydrogens (tertiary/aromatic N) is 1. The molecule has 6 nitrogen and oxygen atoms in total. The molecule has 20 heavy (non-hydrogen) atoms. The molecule has 0 aromatic carbocycles. The maximum absolute atomic E-state index is 11.8. The molecule has 2 rings (SSSR count). The number of likely N-dealkylation sites (N-methyl/N-ethyl adjacent to an activating group) is 1. The second-order valence-corrected chi connectivity index (χ2v) is 5.41. The number of rotatable bonds is 5. The molecule has 0 saturated carbocycles. The van der Waals surface area contributed by atoms with E-state index in [1.807, 2.05) is 18.0 Å². The molecule has 1 fully saturated rings. The minimum absolute atomic E-state index is 0.0135. The highest BCUT2D eigenvalue weighted by molar-refractivity contribution is 5.76. The first-order valence-corrected chi connectivity index (χ1v) is 6.85. The molecule has 2 heterocycles. The topological polar surface area (TPSA) is 85.4 Å². The summed E-state index contributed by atoms with van der Waals surface area (Å²) in [6.07, 6.45) is 2.16. The van der Waals surface area contributed by atoms with E-state index in [4.69, 9.17) is 0 Å². The number of aliphatic hydroxyl groups excluding tert-OH is 1. The van der Waals surface area contributed by atoms with Gasteiger partial charge in [-0.1, -0.05) is 0 Å². The van der Waals surface area contributed by atoms with Crippen LogP contribution < -0.4 is 10.9 Å². The molecule has 1 aromatic heterocycles. The van der Waals surface area contributed by atoms with E-state index < -0.39 is 6.10 Å². The van der Waals surface area contributed by atoms with Crippen LogP contribution in [-0.2, 0) is 11.2 Å². The molecule has 110 valence electrons. The van der Waals surface area contributed by atoms with Crippen LogP contribution in [0.25, 0.3) is 0 Å². The predicted octanol–water partition coefficient (Wildman–Crippen LogP) is -0.654. The molecule has 6 heteroatoms. The van der Waals surface area contributed by atoms with Gasteiger partial charge in [-0.3, -0.25) is 9.59 Å². The van der Waals surface area contributed by atoms with Gasteiger partial charge in [0.25, 0.3) is 0 Å². The Morgan fingerprint density at radius 3 is 3.00 bits per heavy atom. The SMILES string of the molecule is CN1C[C@@H](CC(=O)NCCc2cc[nH]c(=O)c2)[C@H](O)C1. The molecule has 0 aliphatic carbocycles. The first-order valence-electron chi connectivity index (χ1n) is 6.85. The summed E-state index contributed by atoms with van der Waals surface area (Å²) in [7, 11) is 1.94. The number of nitrogens with one attached hydrogen (secondary N) is 2. The molecule has 0 unspecified atom stereocenters. The van der Waals surface area contributed by atoms with E-state index >= 15 is 0 Å². The largest absolute Gasteiger partial charge is 0.391 e. The third-order valence-corrected chi connectivity index (χ3v) is 3.61. The average molecular weight is 279 g/mol. The van der Waals surface area contributed by atoms with E-state index in [0.29, 0.717) is 25.9 Å². The Kier molecular flexibility index (Phi) is 4.92. The maximum Gasteiger partial charge on any atom is 0.248 e. The molecule has 3 N–H and O–H groups in total. The van der Waals surface area contributed by atoms with Crippen LogP contribution in [0.2, 0.25) is 0 Å². The Bertz CT molecular complexity index is 514. The summed E-state index contributed by atoms with van der Waals surface area (Å²) < 4.78 is 0. The molecule has 1 amide bonds. The highest BCUT2D eigenvalue weighted by atomic mass is 16.3. The summed E-state index contributed by atoms with van der Waals surface area (Å²) in [5.74, 6) is -0.0336. The number of aromatic amines is 1. The Balaban J connectivity index is 1.72. The highest BCUT2D eigenvalue weighted by Crippen LogP contribution is 2.18. The molecule has 1 saturated heterocycles. The summed E-state index contributed by atoms with van der Waals surface area (Å²) in [6, 6.07) is 3.35. The van der Waals surface area contributed by atoms with Gasteiger partial charge in [0.2, 0.25) is 11.5 Å². The van der Waals surface area contributed by atoms with Crippen molar-refractivity contribution in [1.82, 2.24) is 15.2 Å². The van der Waals surface area contributed by atoms with E-state index in [2.05, 4.69) is 10.3 Å². The number of aromatic nitrogens is 1. The maximum atomic E-state index is 11.8. The Hall–Kier alpha value is -1.66. The number of β-amino-alcohol motifs (C(OH)–C–C–N with tert-alkyl or cyclic N) is 1.